The van der Waals surface area contributed by atoms with E-state index in [-0.39, 0.29) is 5.78 Å². The van der Waals surface area contributed by atoms with Crippen LogP contribution in [-0.4, -0.2) is 33.0 Å². The lowest BCUT2D eigenvalue weighted by Gasteiger charge is -2.31. The van der Waals surface area contributed by atoms with Gasteiger partial charge in [0.15, 0.2) is 0 Å². The van der Waals surface area contributed by atoms with Crippen LogP contribution in [0.2, 0.25) is 0 Å². The van der Waals surface area contributed by atoms with Crippen molar-refractivity contribution in [1.29, 1.82) is 0 Å². The molecule has 2 aromatic carbocycles. The average Bonchev–Trinajstić information content (AvgIpc) is 3.43. The Morgan fingerprint density at radius 1 is 1.10 bits per heavy atom. The van der Waals surface area contributed by atoms with Gasteiger partial charge in [-0.25, -0.2) is 9.97 Å². The van der Waals surface area contributed by atoms with Crippen LogP contribution in [0, 0.1) is 19.8 Å². The summed E-state index contributed by atoms with van der Waals surface area (Å²) >= 11 is 0. The van der Waals surface area contributed by atoms with Gasteiger partial charge in [-0.15, -0.1) is 0 Å². The number of aryl methyl sites for hydroxylation is 2. The van der Waals surface area contributed by atoms with Gasteiger partial charge in [-0.3, -0.25) is 4.79 Å². The number of fused-ring (bicyclic) bond motifs is 2. The summed E-state index contributed by atoms with van der Waals surface area (Å²) in [6, 6.07) is 11.0. The van der Waals surface area contributed by atoms with Gasteiger partial charge in [0, 0.05) is 24.0 Å². The normalized spacial score (nSPS) is 12.8. The Labute approximate surface area is 232 Å². The van der Waals surface area contributed by atoms with Gasteiger partial charge < -0.3 is 15.2 Å². The van der Waals surface area contributed by atoms with Gasteiger partial charge in [-0.05, 0) is 81.3 Å². The third kappa shape index (κ3) is 7.96. The van der Waals surface area contributed by atoms with Gasteiger partial charge in [0.05, 0.1) is 17.3 Å². The number of benzene rings is 2. The number of carbonyl (C=O) groups is 1. The first kappa shape index (κ1) is 30.0. The molecular formula is C32H43N5O2. The summed E-state index contributed by atoms with van der Waals surface area (Å²) in [4.78, 5) is 21.9. The SMILES string of the molecule is CC(=O)C(C)(C)N.CCC(C)C.Cc1ccc2c(c1)CN(c1ncnc3c(C)cc(-c4cnoc4)cc13)CC2. The highest BCUT2D eigenvalue weighted by atomic mass is 16.5. The molecule has 0 saturated carbocycles. The van der Waals surface area contributed by atoms with Gasteiger partial charge in [-0.1, -0.05) is 56.1 Å². The molecule has 0 spiro atoms. The van der Waals surface area contributed by atoms with Gasteiger partial charge in [0.2, 0.25) is 0 Å². The predicted molar refractivity (Wildman–Crippen MR) is 160 cm³/mol. The molecule has 0 saturated heterocycles. The van der Waals surface area contributed by atoms with E-state index in [1.165, 1.54) is 30.0 Å². The van der Waals surface area contributed by atoms with E-state index < -0.39 is 5.54 Å². The molecule has 1 aliphatic rings. The molecule has 2 N–H and O–H groups in total. The van der Waals surface area contributed by atoms with Crippen LogP contribution >= 0.6 is 0 Å². The number of rotatable bonds is 4. The Bertz CT molecular complexity index is 1390. The monoisotopic (exact) mass is 529 g/mol. The lowest BCUT2D eigenvalue weighted by Crippen LogP contribution is -2.39. The standard InChI is InChI=1S/C22H20N4O.C5H11NO.C5H12/c1-14-3-4-16-5-6-26(11-18(16)7-14)22-20-9-17(19-10-25-27-12-19)8-15(2)21(20)23-13-24-22;1-4(7)5(2,3)6;1-4-5(2)3/h3-4,7-10,12-13H,5-6,11H2,1-2H3;6H2,1-3H3;5H,4H2,1-3H3. The van der Waals surface area contributed by atoms with Crippen molar-refractivity contribution >= 4 is 22.5 Å². The number of Topliss-reactive ketones (excluding diaryl/α,β-unsaturated/α-hetero) is 1. The fourth-order valence-corrected chi connectivity index (χ4v) is 3.96. The van der Waals surface area contributed by atoms with Gasteiger partial charge in [0.1, 0.15) is 24.2 Å². The molecule has 0 unspecified atom stereocenters. The first-order valence-corrected chi connectivity index (χ1v) is 13.7. The molecule has 5 rings (SSSR count). The average molecular weight is 530 g/mol. The van der Waals surface area contributed by atoms with Crippen molar-refractivity contribution < 1.29 is 9.32 Å². The second-order valence-electron chi connectivity index (χ2n) is 11.3. The van der Waals surface area contributed by atoms with E-state index in [0.717, 1.165) is 58.8 Å². The minimum atomic E-state index is -0.639. The molecule has 0 atom stereocenters. The molecule has 0 aliphatic carbocycles. The van der Waals surface area contributed by atoms with Crippen LogP contribution in [0.1, 0.15) is 70.2 Å². The molecule has 7 heteroatoms. The van der Waals surface area contributed by atoms with Crippen LogP contribution < -0.4 is 10.6 Å². The maximum absolute atomic E-state index is 10.3. The molecule has 0 radical (unpaired) electrons. The van der Waals surface area contributed by atoms with Crippen LogP contribution in [-0.2, 0) is 17.8 Å². The van der Waals surface area contributed by atoms with Gasteiger partial charge >= 0.3 is 0 Å². The van der Waals surface area contributed by atoms with E-state index in [1.807, 2.05) is 0 Å². The zero-order chi connectivity index (χ0) is 28.7. The molecule has 1 aliphatic heterocycles. The van der Waals surface area contributed by atoms with E-state index in [2.05, 4.69) is 85.0 Å². The molecule has 39 heavy (non-hydrogen) atoms. The summed E-state index contributed by atoms with van der Waals surface area (Å²) in [7, 11) is 0. The van der Waals surface area contributed by atoms with Crippen molar-refractivity contribution in [2.75, 3.05) is 11.4 Å². The molecular weight excluding hydrogens is 486 g/mol. The third-order valence-corrected chi connectivity index (χ3v) is 7.07. The van der Waals surface area contributed by atoms with E-state index in [0.29, 0.717) is 0 Å². The number of nitrogens with zero attached hydrogens (tertiary/aromatic N) is 4. The summed E-state index contributed by atoms with van der Waals surface area (Å²) in [6.07, 6.45) is 7.43. The Morgan fingerprint density at radius 2 is 1.79 bits per heavy atom. The number of anilines is 1. The summed E-state index contributed by atoms with van der Waals surface area (Å²) < 4.78 is 5.03. The zero-order valence-electron chi connectivity index (χ0n) is 24.7. The smallest absolute Gasteiger partial charge is 0.149 e. The van der Waals surface area contributed by atoms with Crippen molar-refractivity contribution in [2.24, 2.45) is 11.7 Å². The second-order valence-corrected chi connectivity index (χ2v) is 11.3. The molecule has 208 valence electrons. The molecule has 0 fully saturated rings. The van der Waals surface area contributed by atoms with Crippen LogP contribution in [0.3, 0.4) is 0 Å². The first-order chi connectivity index (χ1) is 18.4. The molecule has 3 heterocycles. The second kappa shape index (κ2) is 13.0. The lowest BCUT2D eigenvalue weighted by atomic mass is 9.97. The van der Waals surface area contributed by atoms with Crippen molar-refractivity contribution in [3.05, 3.63) is 71.4 Å². The molecule has 4 aromatic rings. The zero-order valence-corrected chi connectivity index (χ0v) is 24.7. The minimum Gasteiger partial charge on any atom is -0.364 e. The predicted octanol–water partition coefficient (Wildman–Crippen LogP) is 6.83. The van der Waals surface area contributed by atoms with Crippen LogP contribution in [0.5, 0.6) is 0 Å². The van der Waals surface area contributed by atoms with E-state index >= 15 is 0 Å². The summed E-state index contributed by atoms with van der Waals surface area (Å²) in [6.45, 7) is 17.6. The highest BCUT2D eigenvalue weighted by molar-refractivity contribution is 5.95. The fraction of sp³-hybridized carbons (Fsp3) is 0.438. The highest BCUT2D eigenvalue weighted by Crippen LogP contribution is 2.33. The molecule has 0 bridgehead atoms. The molecule has 0 amide bonds. The fourth-order valence-electron chi connectivity index (χ4n) is 3.96. The Hall–Kier alpha value is -3.58. The van der Waals surface area contributed by atoms with Crippen molar-refractivity contribution in [3.63, 3.8) is 0 Å². The van der Waals surface area contributed by atoms with Crippen LogP contribution in [0.25, 0.3) is 22.0 Å². The molecule has 2 aromatic heterocycles. The number of carbonyl (C=O) groups excluding carboxylic acids is 1. The maximum Gasteiger partial charge on any atom is 0.149 e. The van der Waals surface area contributed by atoms with Crippen LogP contribution in [0.15, 0.2) is 53.6 Å². The number of hydrogen-bond donors (Lipinski definition) is 1. The van der Waals surface area contributed by atoms with Crippen LogP contribution in [0.4, 0.5) is 5.82 Å². The Balaban J connectivity index is 0.000000296. The van der Waals surface area contributed by atoms with E-state index in [1.54, 1.807) is 32.6 Å². The Morgan fingerprint density at radius 3 is 2.38 bits per heavy atom. The number of nitrogens with two attached hydrogens (primary N) is 1. The van der Waals surface area contributed by atoms with E-state index in [4.69, 9.17) is 10.3 Å². The van der Waals surface area contributed by atoms with Gasteiger partial charge in [-0.2, -0.15) is 0 Å². The Kier molecular flexibility index (Phi) is 9.97. The van der Waals surface area contributed by atoms with Crippen molar-refractivity contribution in [1.82, 2.24) is 15.1 Å². The number of hydrogen-bond acceptors (Lipinski definition) is 7. The van der Waals surface area contributed by atoms with Crippen molar-refractivity contribution in [3.8, 4) is 11.1 Å². The topological polar surface area (TPSA) is 98.1 Å². The third-order valence-electron chi connectivity index (χ3n) is 7.07. The summed E-state index contributed by atoms with van der Waals surface area (Å²) in [5, 5.41) is 4.91. The van der Waals surface area contributed by atoms with E-state index in [9.17, 15) is 4.79 Å². The maximum atomic E-state index is 10.3. The highest BCUT2D eigenvalue weighted by Gasteiger charge is 2.21. The minimum absolute atomic E-state index is 0.0208. The summed E-state index contributed by atoms with van der Waals surface area (Å²) in [5.74, 6) is 1.90. The summed E-state index contributed by atoms with van der Waals surface area (Å²) in [5.41, 5.74) is 13.0. The van der Waals surface area contributed by atoms with Gasteiger partial charge in [0.25, 0.3) is 0 Å². The number of aromatic nitrogens is 3. The largest absolute Gasteiger partial charge is 0.364 e. The quantitative estimate of drug-likeness (QED) is 0.309. The number of ketones is 1. The van der Waals surface area contributed by atoms with Crippen molar-refractivity contribution in [2.45, 2.75) is 80.3 Å². The first-order valence-electron chi connectivity index (χ1n) is 13.7. The molecule has 7 nitrogen and oxygen atoms in total. The lowest BCUT2D eigenvalue weighted by molar-refractivity contribution is -0.120.